The molecule has 0 saturated heterocycles. The Hall–Kier alpha value is -1.26. The Morgan fingerprint density at radius 2 is 1.67 bits per heavy atom. The van der Waals surface area contributed by atoms with Gasteiger partial charge in [0, 0.05) is 6.92 Å². The van der Waals surface area contributed by atoms with Crippen molar-refractivity contribution < 1.29 is 19.1 Å². The van der Waals surface area contributed by atoms with Gasteiger partial charge in [0.05, 0.1) is 5.92 Å². The van der Waals surface area contributed by atoms with E-state index < -0.39 is 18.4 Å². The van der Waals surface area contributed by atoms with Crippen molar-refractivity contribution in [3.63, 3.8) is 0 Å². The summed E-state index contributed by atoms with van der Waals surface area (Å²) in [6.07, 6.45) is -2.19. The lowest BCUT2D eigenvalue weighted by Crippen LogP contribution is -2.23. The van der Waals surface area contributed by atoms with Crippen molar-refractivity contribution in [2.45, 2.75) is 27.1 Å². The van der Waals surface area contributed by atoms with Gasteiger partial charge in [-0.3, -0.25) is 4.79 Å². The van der Waals surface area contributed by atoms with Crippen LogP contribution in [-0.2, 0) is 14.3 Å². The maximum absolute atomic E-state index is 10.9. The van der Waals surface area contributed by atoms with Crippen LogP contribution in [0.3, 0.4) is 0 Å². The lowest BCUT2D eigenvalue weighted by atomic mass is 10.2. The number of hydrogen-bond donors (Lipinski definition) is 0. The summed E-state index contributed by atoms with van der Waals surface area (Å²) < 4.78 is 8.88. The highest BCUT2D eigenvalue weighted by Gasteiger charge is 2.14. The number of carbonyl (C=O) groups excluding carboxylic acids is 2. The average molecular weight is 174 g/mol. The monoisotopic (exact) mass is 174 g/mol. The first-order valence-corrected chi connectivity index (χ1v) is 3.56. The molecule has 5 heteroatoms. The first kappa shape index (κ1) is 10.7. The molecule has 1 atom stereocenters. The van der Waals surface area contributed by atoms with Crippen molar-refractivity contribution >= 4 is 12.1 Å². The van der Waals surface area contributed by atoms with Gasteiger partial charge in [0.1, 0.15) is 0 Å². The zero-order valence-corrected chi connectivity index (χ0v) is 7.29. The van der Waals surface area contributed by atoms with Gasteiger partial charge in [-0.2, -0.15) is 0 Å². The fraction of sp³-hybridized carbons (Fsp3) is 0.714. The molecule has 0 fully saturated rings. The second kappa shape index (κ2) is 4.58. The number of carbonyl (C=O) groups is 2. The number of amides is 1. The third-order valence-electron chi connectivity index (χ3n) is 1.03. The quantitative estimate of drug-likeness (QED) is 0.471. The summed E-state index contributed by atoms with van der Waals surface area (Å²) in [4.78, 5) is 20.9. The summed E-state index contributed by atoms with van der Waals surface area (Å²) in [5.41, 5.74) is 6.41. The van der Waals surface area contributed by atoms with Crippen molar-refractivity contribution in [2.75, 3.05) is 0 Å². The average Bonchev–Trinajstić information content (AvgIpc) is 1.84. The van der Waals surface area contributed by atoms with E-state index in [1.165, 1.54) is 6.92 Å². The maximum atomic E-state index is 10.9. The molecule has 0 aliphatic rings. The molecule has 1 radical (unpaired) electrons. The Balaban J connectivity index is 3.76. The van der Waals surface area contributed by atoms with Crippen LogP contribution in [0.5, 0.6) is 0 Å². The fourth-order valence-corrected chi connectivity index (χ4v) is 0.474. The van der Waals surface area contributed by atoms with Gasteiger partial charge in [-0.1, -0.05) is 13.8 Å². The van der Waals surface area contributed by atoms with Crippen LogP contribution in [0.2, 0.25) is 0 Å². The van der Waals surface area contributed by atoms with Crippen molar-refractivity contribution in [3.05, 3.63) is 0 Å². The normalized spacial score (nSPS) is 12.3. The molecule has 12 heavy (non-hydrogen) atoms. The van der Waals surface area contributed by atoms with E-state index in [0.717, 1.165) is 0 Å². The highest BCUT2D eigenvalue weighted by Crippen LogP contribution is 2.01. The van der Waals surface area contributed by atoms with Crippen LogP contribution >= 0.6 is 0 Å². The van der Waals surface area contributed by atoms with E-state index in [9.17, 15) is 9.59 Å². The van der Waals surface area contributed by atoms with Crippen molar-refractivity contribution in [2.24, 2.45) is 5.92 Å². The molecule has 0 aliphatic carbocycles. The minimum absolute atomic E-state index is 0.267. The van der Waals surface area contributed by atoms with Crippen LogP contribution in [0.25, 0.3) is 0 Å². The van der Waals surface area contributed by atoms with E-state index >= 15 is 0 Å². The molecule has 0 rings (SSSR count). The van der Waals surface area contributed by atoms with E-state index in [0.29, 0.717) is 0 Å². The van der Waals surface area contributed by atoms with Crippen LogP contribution in [0.4, 0.5) is 4.79 Å². The van der Waals surface area contributed by atoms with Crippen LogP contribution in [0, 0.1) is 5.92 Å². The Bertz CT molecular complexity index is 178. The predicted molar refractivity (Wildman–Crippen MR) is 40.0 cm³/mol. The lowest BCUT2D eigenvalue weighted by molar-refractivity contribution is -0.168. The molecule has 0 aromatic carbocycles. The van der Waals surface area contributed by atoms with Crippen LogP contribution in [0.15, 0.2) is 0 Å². The van der Waals surface area contributed by atoms with Gasteiger partial charge in [0.2, 0.25) is 6.29 Å². The van der Waals surface area contributed by atoms with Crippen molar-refractivity contribution in [3.8, 4) is 0 Å². The highest BCUT2D eigenvalue weighted by molar-refractivity contribution is 5.72. The number of hydrogen-bond acceptors (Lipinski definition) is 4. The van der Waals surface area contributed by atoms with Gasteiger partial charge in [0.15, 0.2) is 0 Å². The van der Waals surface area contributed by atoms with E-state index in [1.54, 1.807) is 13.8 Å². The molecule has 5 nitrogen and oxygen atoms in total. The molecule has 1 N–H and O–H groups in total. The molecule has 0 heterocycles. The molecule has 1 amide bonds. The Kier molecular flexibility index (Phi) is 4.10. The number of ether oxygens (including phenoxy) is 2. The van der Waals surface area contributed by atoms with Gasteiger partial charge in [-0.15, -0.1) is 0 Å². The summed E-state index contributed by atoms with van der Waals surface area (Å²) in [7, 11) is 0. The van der Waals surface area contributed by atoms with Gasteiger partial charge < -0.3 is 9.47 Å². The van der Waals surface area contributed by atoms with Crippen LogP contribution < -0.4 is 5.73 Å². The summed E-state index contributed by atoms with van der Waals surface area (Å²) in [6.45, 7) is 4.71. The maximum Gasteiger partial charge on any atom is 0.429 e. The molecule has 1 unspecified atom stereocenters. The third kappa shape index (κ3) is 4.54. The largest absolute Gasteiger partial charge is 0.429 e. The summed E-state index contributed by atoms with van der Waals surface area (Å²) >= 11 is 0. The van der Waals surface area contributed by atoms with Crippen molar-refractivity contribution in [1.82, 2.24) is 5.73 Å². The van der Waals surface area contributed by atoms with Gasteiger partial charge in [0.25, 0.3) is 0 Å². The van der Waals surface area contributed by atoms with E-state index in [2.05, 4.69) is 9.47 Å². The second-order valence-corrected chi connectivity index (χ2v) is 2.56. The smallest absolute Gasteiger partial charge is 0.425 e. The van der Waals surface area contributed by atoms with Gasteiger partial charge >= 0.3 is 12.1 Å². The first-order valence-electron chi connectivity index (χ1n) is 3.56. The molecule has 69 valence electrons. The number of esters is 1. The van der Waals surface area contributed by atoms with E-state index in [-0.39, 0.29) is 5.92 Å². The molecule has 0 bridgehead atoms. The minimum Gasteiger partial charge on any atom is -0.425 e. The molecule has 0 saturated carbocycles. The number of rotatable bonds is 3. The van der Waals surface area contributed by atoms with Crippen molar-refractivity contribution in [1.29, 1.82) is 0 Å². The molecule has 0 aromatic heterocycles. The van der Waals surface area contributed by atoms with Crippen LogP contribution in [0.1, 0.15) is 20.8 Å². The number of nitrogens with one attached hydrogen (secondary N) is 1. The predicted octanol–water partition coefficient (Wildman–Crippen LogP) is 0.951. The third-order valence-corrected chi connectivity index (χ3v) is 1.03. The topological polar surface area (TPSA) is 76.4 Å². The second-order valence-electron chi connectivity index (χ2n) is 2.56. The van der Waals surface area contributed by atoms with Crippen LogP contribution in [-0.4, -0.2) is 18.4 Å². The van der Waals surface area contributed by atoms with E-state index in [4.69, 9.17) is 5.73 Å². The summed E-state index contributed by atoms with van der Waals surface area (Å²) in [5.74, 6) is -0.722. The molecular formula is C7H12NO4. The Labute approximate surface area is 70.8 Å². The summed E-state index contributed by atoms with van der Waals surface area (Å²) in [5, 5.41) is 0. The minimum atomic E-state index is -1.21. The summed E-state index contributed by atoms with van der Waals surface area (Å²) in [6, 6.07) is 0. The zero-order chi connectivity index (χ0) is 9.72. The lowest BCUT2D eigenvalue weighted by Gasteiger charge is -2.13. The van der Waals surface area contributed by atoms with E-state index in [1.807, 2.05) is 0 Å². The fourth-order valence-electron chi connectivity index (χ4n) is 0.474. The first-order chi connectivity index (χ1) is 5.43. The standard InChI is InChI=1S/C7H12NO4/c1-4(2)6(9)11-5(3)12-7(8)10/h4-5,8H,1-3H3. The molecule has 0 spiro atoms. The zero-order valence-electron chi connectivity index (χ0n) is 7.29. The van der Waals surface area contributed by atoms with Gasteiger partial charge in [-0.25, -0.2) is 10.5 Å². The molecular weight excluding hydrogens is 162 g/mol. The molecule has 0 aromatic rings. The Morgan fingerprint density at radius 1 is 1.17 bits per heavy atom. The SMILES string of the molecule is CC(OC([NH])=O)OC(=O)C(C)C. The molecule has 0 aliphatic heterocycles. The highest BCUT2D eigenvalue weighted by atomic mass is 16.7. The Morgan fingerprint density at radius 3 is 2.00 bits per heavy atom. The van der Waals surface area contributed by atoms with Gasteiger partial charge in [-0.05, 0) is 0 Å².